The van der Waals surface area contributed by atoms with Crippen LogP contribution in [0.3, 0.4) is 0 Å². The van der Waals surface area contributed by atoms with Crippen LogP contribution in [-0.2, 0) is 9.53 Å². The van der Waals surface area contributed by atoms with Crippen LogP contribution in [-0.4, -0.2) is 60.5 Å². The van der Waals surface area contributed by atoms with Crippen LogP contribution in [0.2, 0.25) is 0 Å². The SMILES string of the molecule is COCCN(CC(=O)Nc1cc(-c2ccccc2)nn1-c1ccc(F)cc1)C(=O)Nc1ccc(OC)cc1. The van der Waals surface area contributed by atoms with E-state index in [0.29, 0.717) is 28.6 Å². The van der Waals surface area contributed by atoms with Gasteiger partial charge in [0.2, 0.25) is 5.91 Å². The summed E-state index contributed by atoms with van der Waals surface area (Å²) in [5.41, 5.74) is 2.60. The predicted octanol–water partition coefficient (Wildman–Crippen LogP) is 4.81. The average molecular weight is 518 g/mol. The van der Waals surface area contributed by atoms with Crippen LogP contribution in [0, 0.1) is 5.82 Å². The minimum absolute atomic E-state index is 0.193. The van der Waals surface area contributed by atoms with Crippen LogP contribution in [0.5, 0.6) is 5.75 Å². The normalized spacial score (nSPS) is 10.6. The largest absolute Gasteiger partial charge is 0.497 e. The fraction of sp³-hybridized carbons (Fsp3) is 0.179. The third-order valence-corrected chi connectivity index (χ3v) is 5.65. The number of nitrogens with zero attached hydrogens (tertiary/aromatic N) is 3. The quantitative estimate of drug-likeness (QED) is 0.315. The third-order valence-electron chi connectivity index (χ3n) is 5.65. The van der Waals surface area contributed by atoms with E-state index in [1.165, 1.54) is 28.8 Å². The van der Waals surface area contributed by atoms with E-state index in [9.17, 15) is 14.0 Å². The van der Waals surface area contributed by atoms with Crippen LogP contribution in [0.25, 0.3) is 16.9 Å². The van der Waals surface area contributed by atoms with E-state index in [0.717, 1.165) is 5.56 Å². The van der Waals surface area contributed by atoms with Crippen molar-refractivity contribution in [3.05, 3.63) is 90.7 Å². The Balaban J connectivity index is 1.53. The lowest BCUT2D eigenvalue weighted by atomic mass is 10.1. The predicted molar refractivity (Wildman–Crippen MR) is 143 cm³/mol. The minimum atomic E-state index is -0.459. The molecule has 4 aromatic rings. The highest BCUT2D eigenvalue weighted by atomic mass is 19.1. The summed E-state index contributed by atoms with van der Waals surface area (Å²) in [6.45, 7) is 0.202. The second-order valence-corrected chi connectivity index (χ2v) is 8.29. The number of aromatic nitrogens is 2. The zero-order valence-electron chi connectivity index (χ0n) is 21.1. The number of carbonyl (C=O) groups is 2. The molecule has 0 atom stereocenters. The first-order valence-electron chi connectivity index (χ1n) is 11.9. The van der Waals surface area contributed by atoms with Gasteiger partial charge in [-0.3, -0.25) is 4.79 Å². The highest BCUT2D eigenvalue weighted by Crippen LogP contribution is 2.25. The van der Waals surface area contributed by atoms with Gasteiger partial charge in [0.05, 0.1) is 25.1 Å². The number of rotatable bonds is 10. The van der Waals surface area contributed by atoms with E-state index in [1.807, 2.05) is 30.3 Å². The Bertz CT molecular complexity index is 1360. The van der Waals surface area contributed by atoms with Crippen LogP contribution in [0.4, 0.5) is 20.7 Å². The van der Waals surface area contributed by atoms with Crippen LogP contribution in [0.15, 0.2) is 84.9 Å². The van der Waals surface area contributed by atoms with Crippen LogP contribution >= 0.6 is 0 Å². The highest BCUT2D eigenvalue weighted by molar-refractivity contribution is 5.97. The summed E-state index contributed by atoms with van der Waals surface area (Å²) in [5, 5.41) is 10.2. The highest BCUT2D eigenvalue weighted by Gasteiger charge is 2.20. The molecule has 0 aliphatic heterocycles. The lowest BCUT2D eigenvalue weighted by molar-refractivity contribution is -0.116. The summed E-state index contributed by atoms with van der Waals surface area (Å²) >= 11 is 0. The van der Waals surface area contributed by atoms with Gasteiger partial charge in [-0.2, -0.15) is 5.10 Å². The maximum absolute atomic E-state index is 13.5. The van der Waals surface area contributed by atoms with Gasteiger partial charge >= 0.3 is 6.03 Å². The summed E-state index contributed by atoms with van der Waals surface area (Å²) in [6.07, 6.45) is 0. The van der Waals surface area contributed by atoms with E-state index < -0.39 is 11.9 Å². The van der Waals surface area contributed by atoms with Crippen molar-refractivity contribution in [2.24, 2.45) is 0 Å². The number of amides is 3. The van der Waals surface area contributed by atoms with Gasteiger partial charge in [0.1, 0.15) is 23.9 Å². The second-order valence-electron chi connectivity index (χ2n) is 8.29. The van der Waals surface area contributed by atoms with Gasteiger partial charge in [0.25, 0.3) is 0 Å². The summed E-state index contributed by atoms with van der Waals surface area (Å²) in [7, 11) is 3.08. The smallest absolute Gasteiger partial charge is 0.322 e. The van der Waals surface area contributed by atoms with Gasteiger partial charge in [-0.1, -0.05) is 30.3 Å². The van der Waals surface area contributed by atoms with Crippen molar-refractivity contribution in [2.75, 3.05) is 44.5 Å². The maximum atomic E-state index is 13.5. The Hall–Kier alpha value is -4.70. The standard InChI is InChI=1S/C28H28FN5O4/c1-37-17-16-33(28(36)30-22-10-14-24(38-2)15-11-22)19-27(35)31-26-18-25(20-6-4-3-5-7-20)32-34(26)23-12-8-21(29)9-13-23/h3-15,18H,16-17,19H2,1-2H3,(H,30,36)(H,31,35). The van der Waals surface area contributed by atoms with E-state index in [4.69, 9.17) is 9.47 Å². The maximum Gasteiger partial charge on any atom is 0.322 e. The molecule has 0 saturated carbocycles. The third kappa shape index (κ3) is 6.74. The van der Waals surface area contributed by atoms with Crippen molar-refractivity contribution in [1.82, 2.24) is 14.7 Å². The number of anilines is 2. The molecule has 0 aliphatic rings. The molecular weight excluding hydrogens is 489 g/mol. The average Bonchev–Trinajstić information content (AvgIpc) is 3.35. The molecule has 4 rings (SSSR count). The van der Waals surface area contributed by atoms with Gasteiger partial charge in [-0.25, -0.2) is 13.9 Å². The monoisotopic (exact) mass is 517 g/mol. The first-order valence-corrected chi connectivity index (χ1v) is 11.9. The lowest BCUT2D eigenvalue weighted by Gasteiger charge is -2.22. The van der Waals surface area contributed by atoms with E-state index >= 15 is 0 Å². The van der Waals surface area contributed by atoms with Crippen LogP contribution in [0.1, 0.15) is 0 Å². The Morgan fingerprint density at radius 3 is 2.32 bits per heavy atom. The first-order chi connectivity index (χ1) is 18.5. The number of hydrogen-bond acceptors (Lipinski definition) is 5. The molecule has 1 heterocycles. The Labute approximate surface area is 219 Å². The molecule has 2 N–H and O–H groups in total. The molecule has 196 valence electrons. The number of hydrogen-bond donors (Lipinski definition) is 2. The number of nitrogens with one attached hydrogen (secondary N) is 2. The number of benzene rings is 3. The van der Waals surface area contributed by atoms with Gasteiger partial charge in [0.15, 0.2) is 0 Å². The van der Waals surface area contributed by atoms with Crippen molar-refractivity contribution in [3.63, 3.8) is 0 Å². The number of halogens is 1. The number of carbonyl (C=O) groups excluding carboxylic acids is 2. The van der Waals surface area contributed by atoms with Crippen LogP contribution < -0.4 is 15.4 Å². The summed E-state index contributed by atoms with van der Waals surface area (Å²) < 4.78 is 25.3. The van der Waals surface area contributed by atoms with E-state index in [1.54, 1.807) is 49.6 Å². The molecule has 0 aliphatic carbocycles. The van der Waals surface area contributed by atoms with Crippen molar-refractivity contribution >= 4 is 23.4 Å². The number of urea groups is 1. The van der Waals surface area contributed by atoms with E-state index in [-0.39, 0.29) is 25.5 Å². The van der Waals surface area contributed by atoms with Crippen molar-refractivity contribution in [1.29, 1.82) is 0 Å². The first kappa shape index (κ1) is 26.4. The molecule has 0 spiro atoms. The molecule has 10 heteroatoms. The van der Waals surface area contributed by atoms with Crippen molar-refractivity contribution < 1.29 is 23.5 Å². The second kappa shape index (κ2) is 12.5. The molecule has 3 amide bonds. The van der Waals surface area contributed by atoms with Gasteiger partial charge in [0, 0.05) is 31.0 Å². The molecule has 0 unspecified atom stereocenters. The van der Waals surface area contributed by atoms with Gasteiger partial charge < -0.3 is 25.0 Å². The Morgan fingerprint density at radius 2 is 1.66 bits per heavy atom. The van der Waals surface area contributed by atoms with Gasteiger partial charge in [-0.15, -0.1) is 0 Å². The summed E-state index contributed by atoms with van der Waals surface area (Å²) in [4.78, 5) is 27.4. The van der Waals surface area contributed by atoms with E-state index in [2.05, 4.69) is 15.7 Å². The zero-order valence-corrected chi connectivity index (χ0v) is 21.1. The Kier molecular flexibility index (Phi) is 8.68. The Morgan fingerprint density at radius 1 is 0.947 bits per heavy atom. The van der Waals surface area contributed by atoms with Crippen molar-refractivity contribution in [2.45, 2.75) is 0 Å². The minimum Gasteiger partial charge on any atom is -0.497 e. The lowest BCUT2D eigenvalue weighted by Crippen LogP contribution is -2.42. The molecule has 0 bridgehead atoms. The molecule has 3 aromatic carbocycles. The number of methoxy groups -OCH3 is 2. The number of ether oxygens (including phenoxy) is 2. The molecule has 9 nitrogen and oxygen atoms in total. The molecule has 0 fully saturated rings. The zero-order chi connectivity index (χ0) is 26.9. The molecular formula is C28H28FN5O4. The summed E-state index contributed by atoms with van der Waals surface area (Å²) in [5.74, 6) is 0.217. The van der Waals surface area contributed by atoms with Crippen molar-refractivity contribution in [3.8, 4) is 22.7 Å². The topological polar surface area (TPSA) is 97.7 Å². The fourth-order valence-corrected chi connectivity index (χ4v) is 3.69. The molecule has 0 saturated heterocycles. The molecule has 38 heavy (non-hydrogen) atoms. The fourth-order valence-electron chi connectivity index (χ4n) is 3.69. The van der Waals surface area contributed by atoms with Gasteiger partial charge in [-0.05, 0) is 48.5 Å². The molecule has 0 radical (unpaired) electrons. The molecule has 1 aromatic heterocycles. The summed E-state index contributed by atoms with van der Waals surface area (Å²) in [6, 6.07) is 23.4.